The van der Waals surface area contributed by atoms with Crippen molar-refractivity contribution in [3.05, 3.63) is 70.6 Å². The number of benzene rings is 2. The molecule has 4 aromatic rings. The second-order valence-electron chi connectivity index (χ2n) is 7.64. The van der Waals surface area contributed by atoms with Crippen molar-refractivity contribution in [1.82, 2.24) is 4.98 Å². The number of hydrogen-bond donors (Lipinski definition) is 0. The molecule has 0 bridgehead atoms. The van der Waals surface area contributed by atoms with Gasteiger partial charge in [0, 0.05) is 15.8 Å². The molecular weight excluding hydrogens is 394 g/mol. The number of pyridine rings is 1. The van der Waals surface area contributed by atoms with Crippen LogP contribution >= 0.6 is 11.3 Å². The Hall–Kier alpha value is -3.18. The van der Waals surface area contributed by atoms with Crippen LogP contribution in [0.2, 0.25) is 0 Å². The second kappa shape index (κ2) is 7.58. The van der Waals surface area contributed by atoms with E-state index in [1.165, 1.54) is 38.9 Å². The van der Waals surface area contributed by atoms with Crippen LogP contribution in [-0.2, 0) is 17.6 Å². The first-order valence-corrected chi connectivity index (χ1v) is 10.9. The van der Waals surface area contributed by atoms with Crippen LogP contribution < -0.4 is 9.84 Å². The lowest BCUT2D eigenvalue weighted by atomic mass is 9.97. The van der Waals surface area contributed by atoms with Crippen molar-refractivity contribution in [1.29, 1.82) is 0 Å². The van der Waals surface area contributed by atoms with Crippen molar-refractivity contribution in [2.75, 3.05) is 6.61 Å². The van der Waals surface area contributed by atoms with Crippen molar-refractivity contribution in [3.63, 3.8) is 0 Å². The molecule has 2 heterocycles. The summed E-state index contributed by atoms with van der Waals surface area (Å²) in [5.74, 6) is -0.738. The van der Waals surface area contributed by atoms with Crippen molar-refractivity contribution < 1.29 is 14.6 Å². The summed E-state index contributed by atoms with van der Waals surface area (Å²) in [7, 11) is 0. The largest absolute Gasteiger partial charge is 0.546 e. The van der Waals surface area contributed by atoms with Gasteiger partial charge in [-0.1, -0.05) is 29.8 Å². The molecule has 5 rings (SSSR count). The summed E-state index contributed by atoms with van der Waals surface area (Å²) in [4.78, 5) is 18.1. The number of thiophene rings is 1. The predicted octanol–water partition coefficient (Wildman–Crippen LogP) is 4.56. The number of carbonyl (C=O) groups excluding carboxylic acids is 1. The van der Waals surface area contributed by atoms with Gasteiger partial charge in [-0.2, -0.15) is 0 Å². The number of ether oxygens (including phenoxy) is 1. The van der Waals surface area contributed by atoms with Crippen LogP contribution in [0.4, 0.5) is 0 Å². The van der Waals surface area contributed by atoms with Crippen molar-refractivity contribution >= 4 is 27.5 Å². The maximum atomic E-state index is 10.6. The van der Waals surface area contributed by atoms with E-state index in [0.29, 0.717) is 5.75 Å². The summed E-state index contributed by atoms with van der Waals surface area (Å²) >= 11 is 1.81. The highest BCUT2D eigenvalue weighted by Gasteiger charge is 2.22. The van der Waals surface area contributed by atoms with Crippen LogP contribution in [0.5, 0.6) is 5.75 Å². The zero-order valence-corrected chi connectivity index (χ0v) is 17.4. The first-order chi connectivity index (χ1) is 14.6. The van der Waals surface area contributed by atoms with Gasteiger partial charge in [-0.25, -0.2) is 4.98 Å². The number of hydrogen-bond acceptors (Lipinski definition) is 5. The highest BCUT2D eigenvalue weighted by atomic mass is 32.1. The summed E-state index contributed by atoms with van der Waals surface area (Å²) in [6.07, 6.45) is 3.49. The molecule has 0 fully saturated rings. The minimum Gasteiger partial charge on any atom is -0.546 e. The molecule has 0 amide bonds. The van der Waals surface area contributed by atoms with Crippen molar-refractivity contribution in [2.24, 2.45) is 0 Å². The van der Waals surface area contributed by atoms with Crippen LogP contribution in [0.15, 0.2) is 54.6 Å². The number of rotatable bonds is 5. The number of aryl methyl sites for hydroxylation is 3. The molecule has 1 aliphatic carbocycles. The summed E-state index contributed by atoms with van der Waals surface area (Å²) in [6.45, 7) is 1.64. The average molecular weight is 415 g/mol. The summed E-state index contributed by atoms with van der Waals surface area (Å²) in [5.41, 5.74) is 7.02. The summed E-state index contributed by atoms with van der Waals surface area (Å²) in [5, 5.41) is 11.9. The number of carboxylic acids is 1. The van der Waals surface area contributed by atoms with E-state index in [0.717, 1.165) is 28.9 Å². The second-order valence-corrected chi connectivity index (χ2v) is 8.73. The molecule has 0 atom stereocenters. The highest BCUT2D eigenvalue weighted by molar-refractivity contribution is 7.19. The summed E-state index contributed by atoms with van der Waals surface area (Å²) < 4.78 is 5.19. The van der Waals surface area contributed by atoms with E-state index >= 15 is 0 Å². The maximum absolute atomic E-state index is 10.6. The van der Waals surface area contributed by atoms with E-state index < -0.39 is 12.6 Å². The molecule has 1 aliphatic rings. The number of carbonyl (C=O) groups is 1. The minimum absolute atomic E-state index is 0.456. The standard InChI is InChI=1S/C25H21NO3S/c1-15-5-7-16(8-6-15)20-13-21(17-9-11-18(12-10-17)29-14-23(27)28)26-25-24(20)19-3-2-4-22(19)30-25/h5-13H,2-4,14H2,1H3,(H,27,28)/p-1. The van der Waals surface area contributed by atoms with Crippen LogP contribution in [0.1, 0.15) is 22.4 Å². The zero-order chi connectivity index (χ0) is 20.7. The van der Waals surface area contributed by atoms with E-state index in [4.69, 9.17) is 9.72 Å². The van der Waals surface area contributed by atoms with E-state index in [2.05, 4.69) is 37.3 Å². The molecule has 30 heavy (non-hydrogen) atoms. The Labute approximate surface area is 178 Å². The summed E-state index contributed by atoms with van der Waals surface area (Å²) in [6, 6.07) is 18.2. The lowest BCUT2D eigenvalue weighted by molar-refractivity contribution is -0.307. The fourth-order valence-electron chi connectivity index (χ4n) is 4.07. The molecule has 4 nitrogen and oxygen atoms in total. The number of carboxylic acid groups (broad SMARTS) is 1. The van der Waals surface area contributed by atoms with Crippen LogP contribution in [0.3, 0.4) is 0 Å². The first-order valence-electron chi connectivity index (χ1n) is 10.0. The van der Waals surface area contributed by atoms with Crippen LogP contribution in [0.25, 0.3) is 32.6 Å². The monoisotopic (exact) mass is 414 g/mol. The fraction of sp³-hybridized carbons (Fsp3) is 0.200. The molecule has 0 spiro atoms. The third-order valence-electron chi connectivity index (χ3n) is 5.54. The molecule has 0 saturated carbocycles. The first kappa shape index (κ1) is 18.8. The van der Waals surface area contributed by atoms with Gasteiger partial charge < -0.3 is 14.6 Å². The van der Waals surface area contributed by atoms with Gasteiger partial charge in [0.1, 0.15) is 17.2 Å². The third-order valence-corrected chi connectivity index (χ3v) is 6.73. The van der Waals surface area contributed by atoms with Gasteiger partial charge in [0.05, 0.1) is 11.7 Å². The normalized spacial score (nSPS) is 12.8. The van der Waals surface area contributed by atoms with Gasteiger partial charge in [0.25, 0.3) is 0 Å². The van der Waals surface area contributed by atoms with E-state index in [1.807, 2.05) is 23.5 Å². The lowest BCUT2D eigenvalue weighted by Gasteiger charge is -2.11. The molecule has 0 unspecified atom stereocenters. The lowest BCUT2D eigenvalue weighted by Crippen LogP contribution is -2.28. The van der Waals surface area contributed by atoms with Gasteiger partial charge in [-0.15, -0.1) is 11.3 Å². The van der Waals surface area contributed by atoms with Gasteiger partial charge >= 0.3 is 0 Å². The molecule has 0 radical (unpaired) electrons. The number of fused-ring (bicyclic) bond motifs is 3. The molecular formula is C25H20NO3S-. The molecule has 2 aromatic carbocycles. The molecule has 150 valence electrons. The van der Waals surface area contributed by atoms with E-state index in [-0.39, 0.29) is 0 Å². The highest BCUT2D eigenvalue weighted by Crippen LogP contribution is 2.43. The third kappa shape index (κ3) is 3.46. The Morgan fingerprint density at radius 2 is 1.80 bits per heavy atom. The Morgan fingerprint density at radius 1 is 1.07 bits per heavy atom. The minimum atomic E-state index is -1.24. The molecule has 0 N–H and O–H groups in total. The average Bonchev–Trinajstić information content (AvgIpc) is 3.33. The van der Waals surface area contributed by atoms with Gasteiger partial charge in [0.2, 0.25) is 0 Å². The molecule has 0 saturated heterocycles. The Morgan fingerprint density at radius 3 is 2.53 bits per heavy atom. The Kier molecular flexibility index (Phi) is 4.75. The molecule has 5 heteroatoms. The molecule has 0 aliphatic heterocycles. The van der Waals surface area contributed by atoms with Crippen molar-refractivity contribution in [3.8, 4) is 28.1 Å². The Balaban J connectivity index is 1.61. The number of nitrogens with zero attached hydrogens (tertiary/aromatic N) is 1. The quantitative estimate of drug-likeness (QED) is 0.480. The van der Waals surface area contributed by atoms with E-state index in [1.54, 1.807) is 12.1 Å². The van der Waals surface area contributed by atoms with Crippen LogP contribution in [-0.4, -0.2) is 17.6 Å². The SMILES string of the molecule is Cc1ccc(-c2cc(-c3ccc(OCC(=O)[O-])cc3)nc3sc4c(c23)CCC4)cc1. The topological polar surface area (TPSA) is 62.2 Å². The predicted molar refractivity (Wildman–Crippen MR) is 118 cm³/mol. The zero-order valence-electron chi connectivity index (χ0n) is 16.6. The van der Waals surface area contributed by atoms with Crippen LogP contribution in [0, 0.1) is 6.92 Å². The maximum Gasteiger partial charge on any atom is 0.128 e. The Bertz CT molecular complexity index is 1240. The van der Waals surface area contributed by atoms with E-state index in [9.17, 15) is 9.90 Å². The van der Waals surface area contributed by atoms with Gasteiger partial charge in [-0.05, 0) is 73.2 Å². The number of aromatic nitrogens is 1. The van der Waals surface area contributed by atoms with Gasteiger partial charge in [-0.3, -0.25) is 0 Å². The number of aliphatic carboxylic acids is 1. The smallest absolute Gasteiger partial charge is 0.128 e. The van der Waals surface area contributed by atoms with Crippen molar-refractivity contribution in [2.45, 2.75) is 26.2 Å². The molecule has 2 aromatic heterocycles. The van der Waals surface area contributed by atoms with Gasteiger partial charge in [0.15, 0.2) is 0 Å². The fourth-order valence-corrected chi connectivity index (χ4v) is 5.36.